The largest absolute Gasteiger partial charge is 0.476 e. The number of halogens is 3. The van der Waals surface area contributed by atoms with Crippen molar-refractivity contribution in [1.29, 1.82) is 0 Å². The summed E-state index contributed by atoms with van der Waals surface area (Å²) in [6.45, 7) is -0.248. The smallest absolute Gasteiger partial charge is 0.416 e. The minimum absolute atomic E-state index is 0.140. The highest BCUT2D eigenvalue weighted by molar-refractivity contribution is 7.92. The minimum atomic E-state index is -4.48. The molecule has 0 radical (unpaired) electrons. The molecule has 3 rings (SSSR count). The van der Waals surface area contributed by atoms with E-state index in [0.717, 1.165) is 34.8 Å². The summed E-state index contributed by atoms with van der Waals surface area (Å²) in [6.07, 6.45) is -4.62. The third kappa shape index (κ3) is 4.16. The summed E-state index contributed by atoms with van der Waals surface area (Å²) in [5, 5.41) is 2.44. The van der Waals surface area contributed by atoms with Crippen LogP contribution in [0.3, 0.4) is 0 Å². The van der Waals surface area contributed by atoms with Crippen molar-refractivity contribution >= 4 is 27.3 Å². The Bertz CT molecular complexity index is 959. The highest BCUT2D eigenvalue weighted by Gasteiger charge is 2.35. The number of ether oxygens (including phenoxy) is 1. The third-order valence-electron chi connectivity index (χ3n) is 3.91. The maximum atomic E-state index is 12.6. The fourth-order valence-electron chi connectivity index (χ4n) is 2.62. The molecule has 0 bridgehead atoms. The Labute approximate surface area is 153 Å². The first-order valence-electron chi connectivity index (χ1n) is 7.77. The normalized spacial score (nSPS) is 17.0. The van der Waals surface area contributed by atoms with Crippen LogP contribution >= 0.6 is 0 Å². The Morgan fingerprint density at radius 3 is 2.37 bits per heavy atom. The van der Waals surface area contributed by atoms with Crippen LogP contribution in [0.4, 0.5) is 24.5 Å². The molecule has 1 N–H and O–H groups in total. The Morgan fingerprint density at radius 2 is 1.78 bits per heavy atom. The zero-order valence-electron chi connectivity index (χ0n) is 14.0. The standard InChI is InChI=1S/C17H15F3N2O4S/c1-27(24,25)22-10-15(26-14-5-3-2-4-13(14)22)16(23)21-12-8-6-11(7-9-12)17(18,19)20/h2-9,15H,10H2,1H3,(H,21,23)/t15-/m1/s1. The van der Waals surface area contributed by atoms with E-state index in [1.54, 1.807) is 18.2 Å². The average molecular weight is 400 g/mol. The lowest BCUT2D eigenvalue weighted by atomic mass is 10.2. The molecule has 0 saturated heterocycles. The second-order valence-electron chi connectivity index (χ2n) is 5.93. The van der Waals surface area contributed by atoms with Gasteiger partial charge in [-0.1, -0.05) is 12.1 Å². The summed E-state index contributed by atoms with van der Waals surface area (Å²) in [5.41, 5.74) is -0.383. The number of benzene rings is 2. The fraction of sp³-hybridized carbons (Fsp3) is 0.235. The molecule has 0 spiro atoms. The van der Waals surface area contributed by atoms with Gasteiger partial charge in [-0.05, 0) is 36.4 Å². The highest BCUT2D eigenvalue weighted by Crippen LogP contribution is 2.35. The summed E-state index contributed by atoms with van der Waals surface area (Å²) in [4.78, 5) is 12.5. The summed E-state index contributed by atoms with van der Waals surface area (Å²) in [6, 6.07) is 10.3. The van der Waals surface area contributed by atoms with Gasteiger partial charge < -0.3 is 10.1 Å². The van der Waals surface area contributed by atoms with Gasteiger partial charge in [-0.3, -0.25) is 9.10 Å². The number of hydrogen-bond donors (Lipinski definition) is 1. The molecule has 2 aromatic rings. The van der Waals surface area contributed by atoms with Crippen molar-refractivity contribution in [2.75, 3.05) is 22.4 Å². The number of nitrogens with zero attached hydrogens (tertiary/aromatic N) is 1. The van der Waals surface area contributed by atoms with E-state index < -0.39 is 33.8 Å². The van der Waals surface area contributed by atoms with Gasteiger partial charge in [0.1, 0.15) is 5.75 Å². The quantitative estimate of drug-likeness (QED) is 0.860. The molecule has 1 aliphatic heterocycles. The zero-order chi connectivity index (χ0) is 19.8. The number of hydrogen-bond acceptors (Lipinski definition) is 4. The molecule has 1 amide bonds. The molecule has 27 heavy (non-hydrogen) atoms. The Morgan fingerprint density at radius 1 is 1.15 bits per heavy atom. The number of amides is 1. The van der Waals surface area contributed by atoms with Crippen LogP contribution in [0.15, 0.2) is 48.5 Å². The van der Waals surface area contributed by atoms with Gasteiger partial charge in [-0.15, -0.1) is 0 Å². The first-order chi connectivity index (χ1) is 12.6. The van der Waals surface area contributed by atoms with Gasteiger partial charge in [0.25, 0.3) is 5.91 Å². The Balaban J connectivity index is 1.80. The molecule has 1 atom stereocenters. The molecule has 6 nitrogen and oxygen atoms in total. The first-order valence-corrected chi connectivity index (χ1v) is 9.62. The molecule has 0 aromatic heterocycles. The molecule has 2 aromatic carbocycles. The molecule has 10 heteroatoms. The predicted molar refractivity (Wildman–Crippen MR) is 93.1 cm³/mol. The summed E-state index contributed by atoms with van der Waals surface area (Å²) in [5.74, 6) is -0.445. The summed E-state index contributed by atoms with van der Waals surface area (Å²) < 4.78 is 68.5. The lowest BCUT2D eigenvalue weighted by Crippen LogP contribution is -2.48. The van der Waals surface area contributed by atoms with Crippen LogP contribution in [-0.4, -0.2) is 33.2 Å². The molecule has 0 unspecified atom stereocenters. The van der Waals surface area contributed by atoms with Gasteiger partial charge in [0.2, 0.25) is 10.0 Å². The number of carbonyl (C=O) groups is 1. The number of alkyl halides is 3. The third-order valence-corrected chi connectivity index (χ3v) is 5.05. The monoisotopic (exact) mass is 400 g/mol. The van der Waals surface area contributed by atoms with Crippen LogP contribution < -0.4 is 14.4 Å². The van der Waals surface area contributed by atoms with Gasteiger partial charge in [-0.25, -0.2) is 8.42 Å². The van der Waals surface area contributed by atoms with E-state index in [0.29, 0.717) is 5.69 Å². The van der Waals surface area contributed by atoms with E-state index >= 15 is 0 Å². The number of anilines is 2. The predicted octanol–water partition coefficient (Wildman–Crippen LogP) is 2.87. The number of para-hydroxylation sites is 2. The number of sulfonamides is 1. The van der Waals surface area contributed by atoms with Crippen LogP contribution in [0.5, 0.6) is 5.75 Å². The molecule has 0 fully saturated rings. The van der Waals surface area contributed by atoms with Crippen LogP contribution in [0.2, 0.25) is 0 Å². The number of carbonyl (C=O) groups excluding carboxylic acids is 1. The maximum absolute atomic E-state index is 12.6. The molecule has 0 aliphatic carbocycles. The Kier molecular flexibility index (Phi) is 4.77. The topological polar surface area (TPSA) is 75.7 Å². The molecule has 1 heterocycles. The average Bonchev–Trinajstić information content (AvgIpc) is 2.59. The van der Waals surface area contributed by atoms with Crippen LogP contribution in [0, 0.1) is 0 Å². The SMILES string of the molecule is CS(=O)(=O)N1C[C@H](C(=O)Nc2ccc(C(F)(F)F)cc2)Oc2ccccc21. The summed E-state index contributed by atoms with van der Waals surface area (Å²) in [7, 11) is -3.65. The van der Waals surface area contributed by atoms with Crippen molar-refractivity contribution in [3.63, 3.8) is 0 Å². The van der Waals surface area contributed by atoms with Gasteiger partial charge >= 0.3 is 6.18 Å². The second kappa shape index (κ2) is 6.76. The maximum Gasteiger partial charge on any atom is 0.416 e. The number of rotatable bonds is 3. The molecular formula is C17H15F3N2O4S. The molecule has 0 saturated carbocycles. The van der Waals surface area contributed by atoms with Crippen molar-refractivity contribution in [1.82, 2.24) is 0 Å². The van der Waals surface area contributed by atoms with Crippen molar-refractivity contribution in [3.05, 3.63) is 54.1 Å². The van der Waals surface area contributed by atoms with E-state index in [9.17, 15) is 26.4 Å². The van der Waals surface area contributed by atoms with Gasteiger partial charge in [0.05, 0.1) is 24.1 Å². The summed E-state index contributed by atoms with van der Waals surface area (Å²) >= 11 is 0. The van der Waals surface area contributed by atoms with E-state index in [-0.39, 0.29) is 18.0 Å². The van der Waals surface area contributed by atoms with E-state index in [2.05, 4.69) is 5.32 Å². The van der Waals surface area contributed by atoms with E-state index in [4.69, 9.17) is 4.74 Å². The molecule has 144 valence electrons. The van der Waals surface area contributed by atoms with Gasteiger partial charge in [0.15, 0.2) is 6.10 Å². The van der Waals surface area contributed by atoms with E-state index in [1.807, 2.05) is 0 Å². The molecule has 1 aliphatic rings. The van der Waals surface area contributed by atoms with Crippen molar-refractivity contribution < 1.29 is 31.1 Å². The highest BCUT2D eigenvalue weighted by atomic mass is 32.2. The minimum Gasteiger partial charge on any atom is -0.476 e. The number of nitrogens with one attached hydrogen (secondary N) is 1. The van der Waals surface area contributed by atoms with E-state index in [1.165, 1.54) is 6.07 Å². The second-order valence-corrected chi connectivity index (χ2v) is 7.84. The zero-order valence-corrected chi connectivity index (χ0v) is 14.8. The van der Waals surface area contributed by atoms with Crippen molar-refractivity contribution in [2.24, 2.45) is 0 Å². The number of fused-ring (bicyclic) bond motifs is 1. The fourth-order valence-corrected chi connectivity index (χ4v) is 3.53. The first kappa shape index (κ1) is 19.0. The lowest BCUT2D eigenvalue weighted by Gasteiger charge is -2.33. The van der Waals surface area contributed by atoms with Crippen LogP contribution in [0.25, 0.3) is 0 Å². The lowest BCUT2D eigenvalue weighted by molar-refractivity contribution is -0.137. The van der Waals surface area contributed by atoms with Crippen LogP contribution in [-0.2, 0) is 21.0 Å². The molecular weight excluding hydrogens is 385 g/mol. The Hall–Kier alpha value is -2.75. The van der Waals surface area contributed by atoms with Crippen molar-refractivity contribution in [3.8, 4) is 5.75 Å². The van der Waals surface area contributed by atoms with Crippen LogP contribution in [0.1, 0.15) is 5.56 Å². The van der Waals surface area contributed by atoms with Gasteiger partial charge in [-0.2, -0.15) is 13.2 Å². The van der Waals surface area contributed by atoms with Crippen molar-refractivity contribution in [2.45, 2.75) is 12.3 Å². The van der Waals surface area contributed by atoms with Gasteiger partial charge in [0, 0.05) is 5.69 Å².